The lowest BCUT2D eigenvalue weighted by molar-refractivity contribution is -0.114. The molecule has 0 aromatic heterocycles. The summed E-state index contributed by atoms with van der Waals surface area (Å²) in [5.41, 5.74) is 0.932. The number of benzene rings is 1. The van der Waals surface area contributed by atoms with E-state index < -0.39 is 10.0 Å². The van der Waals surface area contributed by atoms with Crippen molar-refractivity contribution in [2.45, 2.75) is 25.8 Å². The molecule has 1 aromatic carbocycles. The van der Waals surface area contributed by atoms with Crippen molar-refractivity contribution in [3.05, 3.63) is 24.3 Å². The summed E-state index contributed by atoms with van der Waals surface area (Å²) in [6, 6.07) is 6.49. The third-order valence-corrected chi connectivity index (χ3v) is 4.56. The van der Waals surface area contributed by atoms with Gasteiger partial charge in [-0.1, -0.05) is 6.07 Å². The topological polar surface area (TPSA) is 108 Å². The minimum atomic E-state index is -3.52. The van der Waals surface area contributed by atoms with E-state index >= 15 is 0 Å². The molecule has 0 saturated heterocycles. The van der Waals surface area contributed by atoms with Crippen molar-refractivity contribution in [2.24, 2.45) is 0 Å². The highest BCUT2D eigenvalue weighted by Gasteiger charge is 2.23. The van der Waals surface area contributed by atoms with Crippen LogP contribution in [0.1, 0.15) is 19.8 Å². The molecular formula is C15H22N4O4S. The third kappa shape index (κ3) is 5.73. The minimum Gasteiger partial charge on any atom is -0.336 e. The fraction of sp³-hybridized carbons (Fsp3) is 0.467. The van der Waals surface area contributed by atoms with Crippen molar-refractivity contribution >= 4 is 33.3 Å². The van der Waals surface area contributed by atoms with Gasteiger partial charge in [0.1, 0.15) is 0 Å². The molecule has 0 atom stereocenters. The Morgan fingerprint density at radius 2 is 2.00 bits per heavy atom. The SMILES string of the molecule is CC(=O)Nc1cccc(N(CCNC(=O)NC2CC2)S(C)(=O)=O)c1. The molecule has 9 heteroatoms. The maximum Gasteiger partial charge on any atom is 0.315 e. The van der Waals surface area contributed by atoms with Gasteiger partial charge in [0.2, 0.25) is 15.9 Å². The van der Waals surface area contributed by atoms with Gasteiger partial charge in [-0.3, -0.25) is 9.10 Å². The Morgan fingerprint density at radius 1 is 1.29 bits per heavy atom. The van der Waals surface area contributed by atoms with Crippen LogP contribution < -0.4 is 20.3 Å². The summed E-state index contributed by atoms with van der Waals surface area (Å²) in [5.74, 6) is -0.239. The smallest absolute Gasteiger partial charge is 0.315 e. The van der Waals surface area contributed by atoms with E-state index in [1.807, 2.05) is 0 Å². The first-order chi connectivity index (χ1) is 11.3. The normalized spacial score (nSPS) is 13.9. The van der Waals surface area contributed by atoms with E-state index in [0.717, 1.165) is 19.1 Å². The number of rotatable bonds is 7. The summed E-state index contributed by atoms with van der Waals surface area (Å²) in [6.45, 7) is 1.65. The summed E-state index contributed by atoms with van der Waals surface area (Å²) in [5, 5.41) is 8.03. The van der Waals surface area contributed by atoms with Gasteiger partial charge in [-0.15, -0.1) is 0 Å². The van der Waals surface area contributed by atoms with Gasteiger partial charge < -0.3 is 16.0 Å². The van der Waals surface area contributed by atoms with Crippen LogP contribution in [-0.4, -0.2) is 45.7 Å². The molecule has 0 spiro atoms. The van der Waals surface area contributed by atoms with Crippen molar-refractivity contribution in [1.29, 1.82) is 0 Å². The Hall–Kier alpha value is -2.29. The van der Waals surface area contributed by atoms with Crippen molar-refractivity contribution in [3.8, 4) is 0 Å². The molecule has 8 nitrogen and oxygen atoms in total. The molecule has 0 heterocycles. The number of hydrogen-bond donors (Lipinski definition) is 3. The van der Waals surface area contributed by atoms with Crippen LogP contribution in [0, 0.1) is 0 Å². The molecule has 1 aliphatic rings. The number of anilines is 2. The quantitative estimate of drug-likeness (QED) is 0.675. The van der Waals surface area contributed by atoms with Crippen molar-refractivity contribution in [1.82, 2.24) is 10.6 Å². The molecule has 0 bridgehead atoms. The van der Waals surface area contributed by atoms with E-state index in [1.54, 1.807) is 24.3 Å². The zero-order chi connectivity index (χ0) is 17.7. The molecule has 24 heavy (non-hydrogen) atoms. The Labute approximate surface area is 141 Å². The van der Waals surface area contributed by atoms with Crippen molar-refractivity contribution in [3.63, 3.8) is 0 Å². The first kappa shape index (κ1) is 18.1. The largest absolute Gasteiger partial charge is 0.336 e. The molecule has 1 saturated carbocycles. The van der Waals surface area contributed by atoms with Crippen LogP contribution >= 0.6 is 0 Å². The zero-order valence-corrected chi connectivity index (χ0v) is 14.5. The Bertz CT molecular complexity index is 716. The standard InChI is InChI=1S/C15H22N4O4S/c1-11(20)17-13-4-3-5-14(10-13)19(24(2,22)23)9-8-16-15(21)18-12-6-7-12/h3-5,10,12H,6-9H2,1-2H3,(H,17,20)(H2,16,18,21). The summed E-state index contributed by atoms with van der Waals surface area (Å²) in [7, 11) is -3.52. The van der Waals surface area contributed by atoms with E-state index in [2.05, 4.69) is 16.0 Å². The van der Waals surface area contributed by atoms with Crippen molar-refractivity contribution < 1.29 is 18.0 Å². The lowest BCUT2D eigenvalue weighted by atomic mass is 10.2. The number of nitrogens with zero attached hydrogens (tertiary/aromatic N) is 1. The van der Waals surface area contributed by atoms with Crippen molar-refractivity contribution in [2.75, 3.05) is 29.0 Å². The molecule has 2 rings (SSSR count). The van der Waals surface area contributed by atoms with Gasteiger partial charge in [-0.25, -0.2) is 13.2 Å². The van der Waals surface area contributed by atoms with E-state index in [4.69, 9.17) is 0 Å². The number of urea groups is 1. The van der Waals surface area contributed by atoms with Crippen LogP contribution in [0.15, 0.2) is 24.3 Å². The molecule has 0 aliphatic heterocycles. The van der Waals surface area contributed by atoms with Gasteiger partial charge in [0.15, 0.2) is 0 Å². The second-order valence-electron chi connectivity index (χ2n) is 5.74. The van der Waals surface area contributed by atoms with E-state index in [1.165, 1.54) is 11.2 Å². The lowest BCUT2D eigenvalue weighted by Gasteiger charge is -2.23. The average molecular weight is 354 g/mol. The molecule has 3 N–H and O–H groups in total. The molecule has 1 aromatic rings. The van der Waals surface area contributed by atoms with Gasteiger partial charge in [0, 0.05) is 25.2 Å². The average Bonchev–Trinajstić information content (AvgIpc) is 3.25. The highest BCUT2D eigenvalue weighted by molar-refractivity contribution is 7.92. The van der Waals surface area contributed by atoms with E-state index in [-0.39, 0.29) is 31.1 Å². The second-order valence-corrected chi connectivity index (χ2v) is 7.65. The summed E-state index contributed by atoms with van der Waals surface area (Å²) >= 11 is 0. The molecule has 0 radical (unpaired) electrons. The number of hydrogen-bond acceptors (Lipinski definition) is 4. The fourth-order valence-electron chi connectivity index (χ4n) is 2.16. The summed E-state index contributed by atoms with van der Waals surface area (Å²) in [6.07, 6.45) is 3.07. The molecule has 3 amide bonds. The summed E-state index contributed by atoms with van der Waals surface area (Å²) < 4.78 is 25.3. The third-order valence-electron chi connectivity index (χ3n) is 3.37. The monoisotopic (exact) mass is 354 g/mol. The number of carbonyl (C=O) groups excluding carboxylic acids is 2. The fourth-order valence-corrected chi connectivity index (χ4v) is 3.08. The van der Waals surface area contributed by atoms with E-state index in [0.29, 0.717) is 11.4 Å². The number of carbonyl (C=O) groups is 2. The zero-order valence-electron chi connectivity index (χ0n) is 13.7. The van der Waals surface area contributed by atoms with Crippen LogP contribution in [0.2, 0.25) is 0 Å². The van der Waals surface area contributed by atoms with Gasteiger partial charge in [0.25, 0.3) is 0 Å². The maximum absolute atomic E-state index is 12.0. The number of nitrogens with one attached hydrogen (secondary N) is 3. The summed E-state index contributed by atoms with van der Waals surface area (Å²) in [4.78, 5) is 22.7. The Morgan fingerprint density at radius 3 is 2.58 bits per heavy atom. The highest BCUT2D eigenvalue weighted by atomic mass is 32.2. The predicted octanol–water partition coefficient (Wildman–Crippen LogP) is 0.873. The molecule has 1 fully saturated rings. The Kier molecular flexibility index (Phi) is 5.66. The van der Waals surface area contributed by atoms with Gasteiger partial charge >= 0.3 is 6.03 Å². The molecule has 1 aliphatic carbocycles. The van der Waals surface area contributed by atoms with Gasteiger partial charge in [-0.05, 0) is 31.0 Å². The maximum atomic E-state index is 12.0. The van der Waals surface area contributed by atoms with E-state index in [9.17, 15) is 18.0 Å². The van der Waals surface area contributed by atoms with Gasteiger partial charge in [-0.2, -0.15) is 0 Å². The minimum absolute atomic E-state index is 0.0977. The van der Waals surface area contributed by atoms with Gasteiger partial charge in [0.05, 0.1) is 18.5 Å². The van der Waals surface area contributed by atoms with Crippen LogP contribution in [0.5, 0.6) is 0 Å². The Balaban J connectivity index is 2.02. The first-order valence-corrected chi connectivity index (χ1v) is 9.50. The van der Waals surface area contributed by atoms with Crippen LogP contribution in [0.3, 0.4) is 0 Å². The molecule has 132 valence electrons. The molecular weight excluding hydrogens is 332 g/mol. The molecule has 0 unspecified atom stereocenters. The number of sulfonamides is 1. The van der Waals surface area contributed by atoms with Crippen LogP contribution in [-0.2, 0) is 14.8 Å². The lowest BCUT2D eigenvalue weighted by Crippen LogP contribution is -2.42. The highest BCUT2D eigenvalue weighted by Crippen LogP contribution is 2.21. The van der Waals surface area contributed by atoms with Crippen LogP contribution in [0.25, 0.3) is 0 Å². The van der Waals surface area contributed by atoms with Crippen LogP contribution in [0.4, 0.5) is 16.2 Å². The first-order valence-electron chi connectivity index (χ1n) is 7.65. The second kappa shape index (κ2) is 7.52. The predicted molar refractivity (Wildman–Crippen MR) is 92.5 cm³/mol. The number of amides is 3.